The maximum atomic E-state index is 13.0. The maximum absolute atomic E-state index is 13.0. The van der Waals surface area contributed by atoms with Crippen LogP contribution >= 0.6 is 12.4 Å². The molecule has 7 nitrogen and oxygen atoms in total. The van der Waals surface area contributed by atoms with E-state index in [0.717, 1.165) is 34.6 Å². The van der Waals surface area contributed by atoms with Gasteiger partial charge in [0.25, 0.3) is 0 Å². The lowest BCUT2D eigenvalue weighted by molar-refractivity contribution is -0.119. The zero-order valence-corrected chi connectivity index (χ0v) is 16.9. The van der Waals surface area contributed by atoms with E-state index in [4.69, 9.17) is 4.42 Å². The number of benzene rings is 1. The van der Waals surface area contributed by atoms with Crippen molar-refractivity contribution in [2.75, 3.05) is 18.4 Å². The van der Waals surface area contributed by atoms with Gasteiger partial charge in [0, 0.05) is 43.5 Å². The van der Waals surface area contributed by atoms with Crippen LogP contribution in [0.2, 0.25) is 0 Å². The molecule has 3 heterocycles. The largest absolute Gasteiger partial charge is 0.444 e. The Morgan fingerprint density at radius 1 is 1.32 bits per heavy atom. The summed E-state index contributed by atoms with van der Waals surface area (Å²) >= 11 is 0. The quantitative estimate of drug-likeness (QED) is 0.701. The Balaban J connectivity index is 0.00000225. The molecule has 8 heteroatoms. The third-order valence-corrected chi connectivity index (χ3v) is 5.07. The highest BCUT2D eigenvalue weighted by Crippen LogP contribution is 2.30. The van der Waals surface area contributed by atoms with Crippen molar-refractivity contribution < 1.29 is 9.21 Å². The fraction of sp³-hybridized carbons (Fsp3) is 0.350. The Hall–Kier alpha value is -2.64. The molecule has 2 atom stereocenters. The predicted molar refractivity (Wildman–Crippen MR) is 110 cm³/mol. The van der Waals surface area contributed by atoms with E-state index in [1.165, 1.54) is 0 Å². The van der Waals surface area contributed by atoms with E-state index >= 15 is 0 Å². The van der Waals surface area contributed by atoms with Crippen LogP contribution in [0.3, 0.4) is 0 Å². The van der Waals surface area contributed by atoms with Crippen LogP contribution in [-0.4, -0.2) is 33.8 Å². The summed E-state index contributed by atoms with van der Waals surface area (Å²) in [5, 5.41) is 10.7. The predicted octanol–water partition coefficient (Wildman–Crippen LogP) is 3.06. The van der Waals surface area contributed by atoms with E-state index in [0.29, 0.717) is 12.4 Å². The third kappa shape index (κ3) is 3.95. The zero-order valence-electron chi connectivity index (χ0n) is 16.1. The minimum absolute atomic E-state index is 0. The van der Waals surface area contributed by atoms with Gasteiger partial charge in [-0.05, 0) is 37.1 Å². The normalized spacial score (nSPS) is 18.7. The summed E-state index contributed by atoms with van der Waals surface area (Å²) in [6, 6.07) is 5.84. The maximum Gasteiger partial charge on any atom is 0.229 e. The lowest BCUT2D eigenvalue weighted by Crippen LogP contribution is -2.28. The molecule has 0 saturated carbocycles. The van der Waals surface area contributed by atoms with Crippen LogP contribution in [0.1, 0.15) is 22.7 Å². The highest BCUT2D eigenvalue weighted by Gasteiger charge is 2.34. The first-order chi connectivity index (χ1) is 13.0. The molecule has 1 saturated heterocycles. The second-order valence-corrected chi connectivity index (χ2v) is 7.13. The van der Waals surface area contributed by atoms with E-state index in [2.05, 4.69) is 20.7 Å². The molecule has 2 aromatic heterocycles. The van der Waals surface area contributed by atoms with Crippen LogP contribution in [0, 0.1) is 19.8 Å². The number of aryl methyl sites for hydroxylation is 3. The van der Waals surface area contributed by atoms with Gasteiger partial charge in [-0.15, -0.1) is 12.4 Å². The number of anilines is 1. The number of oxazole rings is 1. The van der Waals surface area contributed by atoms with Crippen molar-refractivity contribution in [3.63, 3.8) is 0 Å². The number of hydrogen-bond acceptors (Lipinski definition) is 5. The van der Waals surface area contributed by atoms with Crippen molar-refractivity contribution >= 4 is 24.0 Å². The van der Waals surface area contributed by atoms with Crippen LogP contribution in [0.5, 0.6) is 0 Å². The Morgan fingerprint density at radius 2 is 2.14 bits per heavy atom. The van der Waals surface area contributed by atoms with Crippen molar-refractivity contribution in [2.45, 2.75) is 19.8 Å². The molecular weight excluding hydrogens is 378 g/mol. The number of nitrogens with one attached hydrogen (secondary N) is 2. The van der Waals surface area contributed by atoms with Crippen LogP contribution in [-0.2, 0) is 11.8 Å². The molecule has 0 aliphatic carbocycles. The minimum Gasteiger partial charge on any atom is -0.444 e. The van der Waals surface area contributed by atoms with Gasteiger partial charge in [0.2, 0.25) is 11.8 Å². The highest BCUT2D eigenvalue weighted by molar-refractivity contribution is 5.95. The lowest BCUT2D eigenvalue weighted by Gasteiger charge is -2.18. The fourth-order valence-electron chi connectivity index (χ4n) is 3.54. The molecule has 1 aliphatic rings. The van der Waals surface area contributed by atoms with Crippen LogP contribution in [0.25, 0.3) is 11.5 Å². The molecule has 0 radical (unpaired) electrons. The second-order valence-electron chi connectivity index (χ2n) is 7.13. The fourth-order valence-corrected chi connectivity index (χ4v) is 3.54. The van der Waals surface area contributed by atoms with Crippen LogP contribution in [0.15, 0.2) is 41.3 Å². The van der Waals surface area contributed by atoms with Crippen molar-refractivity contribution in [1.29, 1.82) is 0 Å². The summed E-state index contributed by atoms with van der Waals surface area (Å²) in [4.78, 5) is 17.4. The lowest BCUT2D eigenvalue weighted by atomic mass is 9.90. The number of carbonyl (C=O) groups excluding carboxylic acids is 1. The Labute approximate surface area is 169 Å². The molecule has 1 fully saturated rings. The van der Waals surface area contributed by atoms with Crippen molar-refractivity contribution in [3.05, 3.63) is 53.7 Å². The second kappa shape index (κ2) is 8.16. The molecule has 0 spiro atoms. The average molecular weight is 402 g/mol. The summed E-state index contributed by atoms with van der Waals surface area (Å²) in [6.07, 6.45) is 5.44. The first-order valence-electron chi connectivity index (χ1n) is 9.04. The van der Waals surface area contributed by atoms with Gasteiger partial charge in [0.15, 0.2) is 0 Å². The summed E-state index contributed by atoms with van der Waals surface area (Å²) in [5.41, 5.74) is 4.54. The number of aromatic nitrogens is 3. The highest BCUT2D eigenvalue weighted by atomic mass is 35.5. The van der Waals surface area contributed by atoms with Gasteiger partial charge in [0.1, 0.15) is 6.26 Å². The SMILES string of the molecule is Cc1coc(-c2ccc(C)c(NC(=O)[C@H]3CNC[C@@H]3c3cnn(C)c3)c2)n1.Cl. The number of carbonyl (C=O) groups is 1. The van der Waals surface area contributed by atoms with Gasteiger partial charge in [0.05, 0.1) is 17.8 Å². The standard InChI is InChI=1S/C20H23N5O2.ClH/c1-12-4-5-14(20-23-13(2)11-27-20)6-18(12)24-19(26)17-9-21-8-16(17)15-7-22-25(3)10-15;/h4-7,10-11,16-17,21H,8-9H2,1-3H3,(H,24,26);1H/t16-,17+;/m1./s1. The zero-order chi connectivity index (χ0) is 19.0. The summed E-state index contributed by atoms with van der Waals surface area (Å²) in [5.74, 6) is 0.550. The first kappa shape index (κ1) is 20.1. The number of hydrogen-bond donors (Lipinski definition) is 2. The van der Waals surface area contributed by atoms with E-state index in [1.54, 1.807) is 10.9 Å². The molecule has 4 rings (SSSR count). The van der Waals surface area contributed by atoms with Crippen molar-refractivity contribution in [1.82, 2.24) is 20.1 Å². The van der Waals surface area contributed by atoms with Gasteiger partial charge in [-0.1, -0.05) is 6.07 Å². The Bertz CT molecular complexity index is 981. The molecule has 0 unspecified atom stereocenters. The molecule has 0 bridgehead atoms. The van der Waals surface area contributed by atoms with Gasteiger partial charge < -0.3 is 15.1 Å². The van der Waals surface area contributed by atoms with Gasteiger partial charge in [-0.3, -0.25) is 9.48 Å². The number of halogens is 1. The van der Waals surface area contributed by atoms with Gasteiger partial charge in [-0.25, -0.2) is 4.98 Å². The summed E-state index contributed by atoms with van der Waals surface area (Å²) in [6.45, 7) is 5.29. The number of rotatable bonds is 4. The molecular formula is C20H24ClN5O2. The summed E-state index contributed by atoms with van der Waals surface area (Å²) < 4.78 is 7.26. The minimum atomic E-state index is -0.138. The van der Waals surface area contributed by atoms with E-state index in [1.807, 2.05) is 51.5 Å². The number of nitrogens with zero attached hydrogens (tertiary/aromatic N) is 3. The van der Waals surface area contributed by atoms with E-state index < -0.39 is 0 Å². The molecule has 1 aromatic carbocycles. The molecule has 1 amide bonds. The smallest absolute Gasteiger partial charge is 0.229 e. The monoisotopic (exact) mass is 401 g/mol. The van der Waals surface area contributed by atoms with Crippen LogP contribution in [0.4, 0.5) is 5.69 Å². The van der Waals surface area contributed by atoms with Gasteiger partial charge in [-0.2, -0.15) is 5.10 Å². The number of amides is 1. The topological polar surface area (TPSA) is 85.0 Å². The molecule has 3 aromatic rings. The van der Waals surface area contributed by atoms with E-state index in [-0.39, 0.29) is 30.2 Å². The average Bonchev–Trinajstić information content (AvgIpc) is 3.37. The first-order valence-corrected chi connectivity index (χ1v) is 9.04. The summed E-state index contributed by atoms with van der Waals surface area (Å²) in [7, 11) is 1.89. The van der Waals surface area contributed by atoms with Crippen molar-refractivity contribution in [3.8, 4) is 11.5 Å². The van der Waals surface area contributed by atoms with E-state index in [9.17, 15) is 4.79 Å². The van der Waals surface area contributed by atoms with Crippen LogP contribution < -0.4 is 10.6 Å². The molecule has 2 N–H and O–H groups in total. The Kier molecular flexibility index (Phi) is 5.86. The molecule has 1 aliphatic heterocycles. The van der Waals surface area contributed by atoms with Gasteiger partial charge >= 0.3 is 0 Å². The Morgan fingerprint density at radius 3 is 2.82 bits per heavy atom. The van der Waals surface area contributed by atoms with Crippen molar-refractivity contribution in [2.24, 2.45) is 13.0 Å². The third-order valence-electron chi connectivity index (χ3n) is 5.07. The molecule has 28 heavy (non-hydrogen) atoms. The molecule has 148 valence electrons.